The maximum atomic E-state index is 5.50. The molecule has 0 spiro atoms. The minimum absolute atomic E-state index is 0.100. The van der Waals surface area contributed by atoms with E-state index >= 15 is 0 Å². The molecule has 0 saturated carbocycles. The SMILES string of the molecule is S=C1OC(COCC2CSC(=S)O2)CS1. The predicted molar refractivity (Wildman–Crippen MR) is 70.7 cm³/mol. The van der Waals surface area contributed by atoms with Crippen molar-refractivity contribution in [2.24, 2.45) is 0 Å². The van der Waals surface area contributed by atoms with Crippen LogP contribution in [-0.4, -0.2) is 45.7 Å². The molecule has 0 aromatic rings. The number of rotatable bonds is 4. The van der Waals surface area contributed by atoms with Gasteiger partial charge in [0, 0.05) is 11.5 Å². The Morgan fingerprint density at radius 3 is 1.87 bits per heavy atom. The highest BCUT2D eigenvalue weighted by molar-refractivity contribution is 8.23. The van der Waals surface area contributed by atoms with E-state index < -0.39 is 0 Å². The van der Waals surface area contributed by atoms with Crippen molar-refractivity contribution in [3.8, 4) is 0 Å². The minimum atomic E-state index is 0.100. The topological polar surface area (TPSA) is 27.7 Å². The molecule has 84 valence electrons. The second-order valence-corrected chi connectivity index (χ2v) is 6.38. The molecule has 2 aliphatic rings. The zero-order valence-corrected chi connectivity index (χ0v) is 11.1. The fraction of sp³-hybridized carbons (Fsp3) is 0.750. The van der Waals surface area contributed by atoms with Crippen molar-refractivity contribution in [2.75, 3.05) is 24.7 Å². The van der Waals surface area contributed by atoms with Gasteiger partial charge in [-0.1, -0.05) is 23.5 Å². The fourth-order valence-electron chi connectivity index (χ4n) is 1.23. The molecule has 0 aromatic heterocycles. The van der Waals surface area contributed by atoms with Gasteiger partial charge in [-0.25, -0.2) is 0 Å². The van der Waals surface area contributed by atoms with Gasteiger partial charge in [0.1, 0.15) is 12.2 Å². The lowest BCUT2D eigenvalue weighted by molar-refractivity contribution is 0.0228. The zero-order chi connectivity index (χ0) is 10.7. The van der Waals surface area contributed by atoms with Gasteiger partial charge in [0.15, 0.2) is 0 Å². The average Bonchev–Trinajstić information content (AvgIpc) is 2.76. The zero-order valence-electron chi connectivity index (χ0n) is 7.84. The summed E-state index contributed by atoms with van der Waals surface area (Å²) < 4.78 is 17.4. The molecule has 2 saturated heterocycles. The van der Waals surface area contributed by atoms with Crippen molar-refractivity contribution < 1.29 is 14.2 Å². The Kier molecular flexibility index (Phi) is 4.51. The van der Waals surface area contributed by atoms with Gasteiger partial charge < -0.3 is 14.2 Å². The molecule has 0 aromatic carbocycles. The molecule has 0 aliphatic carbocycles. The van der Waals surface area contributed by atoms with Crippen molar-refractivity contribution in [3.63, 3.8) is 0 Å². The molecule has 2 aliphatic heterocycles. The van der Waals surface area contributed by atoms with Gasteiger partial charge >= 0.3 is 0 Å². The highest BCUT2D eigenvalue weighted by Crippen LogP contribution is 2.22. The largest absolute Gasteiger partial charge is 0.472 e. The Bertz CT molecular complexity index is 245. The molecule has 3 nitrogen and oxygen atoms in total. The van der Waals surface area contributed by atoms with Crippen molar-refractivity contribution in [1.82, 2.24) is 0 Å². The number of ether oxygens (including phenoxy) is 3. The van der Waals surface area contributed by atoms with E-state index in [1.807, 2.05) is 0 Å². The Labute approximate surface area is 108 Å². The van der Waals surface area contributed by atoms with Crippen LogP contribution in [0.25, 0.3) is 0 Å². The van der Waals surface area contributed by atoms with E-state index in [1.54, 1.807) is 23.5 Å². The summed E-state index contributed by atoms with van der Waals surface area (Å²) in [6.07, 6.45) is 0.201. The molecule has 2 atom stereocenters. The van der Waals surface area contributed by atoms with Gasteiger partial charge in [-0.05, 0) is 24.4 Å². The third kappa shape index (κ3) is 3.74. The van der Waals surface area contributed by atoms with Gasteiger partial charge in [0.25, 0.3) is 0 Å². The summed E-state index contributed by atoms with van der Waals surface area (Å²) in [5.41, 5.74) is 0. The normalized spacial score (nSPS) is 30.4. The van der Waals surface area contributed by atoms with Crippen LogP contribution in [0.1, 0.15) is 0 Å². The summed E-state index contributed by atoms with van der Waals surface area (Å²) in [6.45, 7) is 1.15. The second-order valence-electron chi connectivity index (χ2n) is 3.14. The summed E-state index contributed by atoms with van der Waals surface area (Å²) in [5, 5.41) is 0. The van der Waals surface area contributed by atoms with E-state index in [9.17, 15) is 0 Å². The summed E-state index contributed by atoms with van der Waals surface area (Å²) in [4.78, 5) is 0. The van der Waals surface area contributed by atoms with Crippen LogP contribution in [0.5, 0.6) is 0 Å². The van der Waals surface area contributed by atoms with Crippen LogP contribution in [0.3, 0.4) is 0 Å². The molecule has 2 rings (SSSR count). The van der Waals surface area contributed by atoms with Crippen LogP contribution in [-0.2, 0) is 14.2 Å². The fourth-order valence-corrected chi connectivity index (χ4v) is 3.29. The number of hydrogen-bond donors (Lipinski definition) is 0. The third-order valence-corrected chi connectivity index (χ3v) is 4.55. The minimum Gasteiger partial charge on any atom is -0.472 e. The Balaban J connectivity index is 1.59. The van der Waals surface area contributed by atoms with E-state index in [4.69, 9.17) is 38.6 Å². The molecule has 2 fully saturated rings. The van der Waals surface area contributed by atoms with Gasteiger partial charge in [0.05, 0.1) is 13.2 Å². The molecule has 2 heterocycles. The summed E-state index contributed by atoms with van der Waals surface area (Å²) >= 11 is 12.9. The molecular weight excluding hydrogens is 272 g/mol. The summed E-state index contributed by atoms with van der Waals surface area (Å²) in [5.74, 6) is 1.77. The Hall–Kier alpha value is 0.440. The molecule has 7 heteroatoms. The van der Waals surface area contributed by atoms with Gasteiger partial charge in [0.2, 0.25) is 8.77 Å². The third-order valence-electron chi connectivity index (χ3n) is 1.91. The molecule has 0 amide bonds. The number of hydrogen-bond acceptors (Lipinski definition) is 7. The Morgan fingerprint density at radius 2 is 1.53 bits per heavy atom. The van der Waals surface area contributed by atoms with Crippen molar-refractivity contribution >= 4 is 56.7 Å². The van der Waals surface area contributed by atoms with Crippen LogP contribution in [0.15, 0.2) is 0 Å². The van der Waals surface area contributed by atoms with Crippen molar-refractivity contribution in [1.29, 1.82) is 0 Å². The number of thioether (sulfide) groups is 2. The van der Waals surface area contributed by atoms with Crippen molar-refractivity contribution in [2.45, 2.75) is 12.2 Å². The highest BCUT2D eigenvalue weighted by Gasteiger charge is 2.24. The van der Waals surface area contributed by atoms with Gasteiger partial charge in [-0.2, -0.15) is 0 Å². The number of thiocarbonyl (C=S) groups is 2. The monoisotopic (exact) mass is 282 g/mol. The van der Waals surface area contributed by atoms with Gasteiger partial charge in [-0.15, -0.1) is 0 Å². The molecule has 0 bridgehead atoms. The first-order valence-electron chi connectivity index (χ1n) is 4.48. The van der Waals surface area contributed by atoms with E-state index in [1.165, 1.54) is 0 Å². The highest BCUT2D eigenvalue weighted by atomic mass is 32.2. The van der Waals surface area contributed by atoms with Gasteiger partial charge in [-0.3, -0.25) is 0 Å². The first-order valence-corrected chi connectivity index (χ1v) is 7.27. The quantitative estimate of drug-likeness (QED) is 0.726. The molecule has 2 unspecified atom stereocenters. The standard InChI is InChI=1S/C8H10O3S4/c12-7-10-5(3-14-7)1-9-2-6-4-15-8(13)11-6/h5-6H,1-4H2. The second kappa shape index (κ2) is 5.67. The maximum absolute atomic E-state index is 5.50. The lowest BCUT2D eigenvalue weighted by atomic mass is 10.4. The molecule has 0 radical (unpaired) electrons. The van der Waals surface area contributed by atoms with Crippen LogP contribution in [0.4, 0.5) is 0 Å². The van der Waals surface area contributed by atoms with Crippen molar-refractivity contribution in [3.05, 3.63) is 0 Å². The van der Waals surface area contributed by atoms with E-state index in [0.717, 1.165) is 11.5 Å². The summed E-state index contributed by atoms with van der Waals surface area (Å²) in [7, 11) is 0. The first-order chi connectivity index (χ1) is 7.24. The van der Waals surface area contributed by atoms with E-state index in [-0.39, 0.29) is 12.2 Å². The summed E-state index contributed by atoms with van der Waals surface area (Å²) in [6, 6.07) is 0. The van der Waals surface area contributed by atoms with E-state index in [0.29, 0.717) is 22.0 Å². The molecule has 0 N–H and O–H groups in total. The maximum Gasteiger partial charge on any atom is 0.220 e. The first kappa shape index (κ1) is 11.9. The smallest absolute Gasteiger partial charge is 0.220 e. The van der Waals surface area contributed by atoms with E-state index in [2.05, 4.69) is 0 Å². The van der Waals surface area contributed by atoms with Crippen LogP contribution in [0.2, 0.25) is 0 Å². The molecule has 15 heavy (non-hydrogen) atoms. The lowest BCUT2D eigenvalue weighted by Crippen LogP contribution is -2.23. The molecular formula is C8H10O3S4. The lowest BCUT2D eigenvalue weighted by Gasteiger charge is -2.12. The Morgan fingerprint density at radius 1 is 1.07 bits per heavy atom. The average molecular weight is 282 g/mol. The van der Waals surface area contributed by atoms with Crippen LogP contribution >= 0.6 is 48.0 Å². The van der Waals surface area contributed by atoms with Crippen LogP contribution < -0.4 is 0 Å². The van der Waals surface area contributed by atoms with Crippen LogP contribution in [0, 0.1) is 0 Å². The predicted octanol–water partition coefficient (Wildman–Crippen LogP) is 1.84.